The molecule has 0 spiro atoms. The normalized spacial score (nSPS) is 23.6. The largest absolute Gasteiger partial charge is 0.466 e. The summed E-state index contributed by atoms with van der Waals surface area (Å²) >= 11 is 0. The van der Waals surface area contributed by atoms with Gasteiger partial charge in [-0.2, -0.15) is 5.10 Å². The fraction of sp³-hybridized carbons (Fsp3) is 0.517. The molecule has 1 aliphatic heterocycles. The molecule has 2 aromatic heterocycles. The highest BCUT2D eigenvalue weighted by molar-refractivity contribution is 5.93. The van der Waals surface area contributed by atoms with Crippen LogP contribution in [0.4, 0.5) is 4.39 Å². The van der Waals surface area contributed by atoms with E-state index in [-0.39, 0.29) is 35.6 Å². The Balaban J connectivity index is 1.35. The van der Waals surface area contributed by atoms with Crippen LogP contribution >= 0.6 is 0 Å². The number of aromatic nitrogens is 3. The van der Waals surface area contributed by atoms with Crippen LogP contribution in [0.3, 0.4) is 0 Å². The number of carbonyl (C=O) groups is 2. The first-order valence-corrected chi connectivity index (χ1v) is 13.6. The van der Waals surface area contributed by atoms with E-state index in [1.807, 2.05) is 17.0 Å². The van der Waals surface area contributed by atoms with Gasteiger partial charge in [-0.15, -0.1) is 0 Å². The Morgan fingerprint density at radius 1 is 1.14 bits per heavy atom. The Morgan fingerprint density at radius 2 is 1.97 bits per heavy atom. The summed E-state index contributed by atoms with van der Waals surface area (Å²) in [6, 6.07) is 9.11. The summed E-state index contributed by atoms with van der Waals surface area (Å²) in [6.07, 6.45) is 6.99. The van der Waals surface area contributed by atoms with E-state index in [9.17, 15) is 9.59 Å². The third kappa shape index (κ3) is 4.51. The molecule has 2 unspecified atom stereocenters. The number of hydrogen-bond donors (Lipinski definition) is 0. The Kier molecular flexibility index (Phi) is 6.21. The van der Waals surface area contributed by atoms with Crippen LogP contribution in [0.5, 0.6) is 0 Å². The third-order valence-electron chi connectivity index (χ3n) is 8.07. The Morgan fingerprint density at radius 3 is 2.76 bits per heavy atom. The fourth-order valence-corrected chi connectivity index (χ4v) is 5.72. The molecule has 1 aromatic carbocycles. The van der Waals surface area contributed by atoms with Crippen LogP contribution < -0.4 is 0 Å². The highest BCUT2D eigenvalue weighted by atomic mass is 19.1. The average Bonchev–Trinajstić information content (AvgIpc) is 3.80. The molecule has 2 saturated carbocycles. The maximum Gasteiger partial charge on any atom is 0.309 e. The lowest BCUT2D eigenvalue weighted by atomic mass is 10.0. The van der Waals surface area contributed by atoms with E-state index < -0.39 is 0 Å². The molecule has 0 radical (unpaired) electrons. The van der Waals surface area contributed by atoms with Gasteiger partial charge in [-0.1, -0.05) is 25.0 Å². The van der Waals surface area contributed by atoms with Crippen molar-refractivity contribution >= 4 is 17.5 Å². The van der Waals surface area contributed by atoms with Gasteiger partial charge >= 0.3 is 5.97 Å². The second-order valence-electron chi connectivity index (χ2n) is 10.7. The van der Waals surface area contributed by atoms with E-state index in [2.05, 4.69) is 6.92 Å². The van der Waals surface area contributed by atoms with Gasteiger partial charge in [0.25, 0.3) is 5.91 Å². The summed E-state index contributed by atoms with van der Waals surface area (Å²) in [5.41, 5.74) is 3.35. The number of fused-ring (bicyclic) bond motifs is 1. The average molecular weight is 505 g/mol. The molecule has 2 aliphatic carbocycles. The van der Waals surface area contributed by atoms with Gasteiger partial charge in [0.15, 0.2) is 5.65 Å². The molecule has 3 aromatic rings. The molecular formula is C29H33FN4O3. The van der Waals surface area contributed by atoms with Crippen LogP contribution in [0.25, 0.3) is 16.9 Å². The Hall–Kier alpha value is -3.29. The summed E-state index contributed by atoms with van der Waals surface area (Å²) < 4.78 is 22.6. The molecule has 8 heteroatoms. The van der Waals surface area contributed by atoms with Gasteiger partial charge in [0.1, 0.15) is 11.5 Å². The van der Waals surface area contributed by atoms with Crippen LogP contribution in [0.2, 0.25) is 0 Å². The highest BCUT2D eigenvalue weighted by Crippen LogP contribution is 2.50. The van der Waals surface area contributed by atoms with E-state index in [1.54, 1.807) is 29.6 Å². The number of carbonyl (C=O) groups excluding carboxylic acids is 2. The van der Waals surface area contributed by atoms with Crippen molar-refractivity contribution in [2.45, 2.75) is 76.7 Å². The Bertz CT molecular complexity index is 1360. The first-order chi connectivity index (χ1) is 18.0. The van der Waals surface area contributed by atoms with Gasteiger partial charge in [-0.05, 0) is 63.6 Å². The van der Waals surface area contributed by atoms with Crippen molar-refractivity contribution in [3.63, 3.8) is 0 Å². The summed E-state index contributed by atoms with van der Waals surface area (Å²) in [5, 5.41) is 4.75. The predicted octanol–water partition coefficient (Wildman–Crippen LogP) is 5.48. The van der Waals surface area contributed by atoms with Crippen LogP contribution in [0, 0.1) is 11.7 Å². The standard InChI is InChI=1S/C29H33FN4O3/c1-3-37-29(36)22-14-21(22)19-9-7-10-20(27(19)30)23-16-26-31-24(15-25(18-11-12-18)34(26)32-23)28(35)33-13-6-4-5-8-17(33)2/h7,9-10,15-18,21-22H,3-6,8,11-14H2,1-2H3/t17-,21?,22?/m1/s1. The SMILES string of the molecule is CCOC(=O)C1CC1c1cccc(-c2cc3nc(C(=O)N4CCCCC[C@H]4C)cc(C4CC4)n3n2)c1F. The monoisotopic (exact) mass is 504 g/mol. The molecule has 6 rings (SSSR count). The minimum Gasteiger partial charge on any atom is -0.466 e. The number of nitrogens with zero attached hydrogens (tertiary/aromatic N) is 4. The maximum absolute atomic E-state index is 15.7. The number of ether oxygens (including phenoxy) is 1. The van der Waals surface area contributed by atoms with Crippen molar-refractivity contribution in [1.29, 1.82) is 0 Å². The number of likely N-dealkylation sites (tertiary alicyclic amines) is 1. The first kappa shape index (κ1) is 24.1. The topological polar surface area (TPSA) is 76.8 Å². The van der Waals surface area contributed by atoms with Crippen molar-refractivity contribution in [2.24, 2.45) is 5.92 Å². The number of esters is 1. The maximum atomic E-state index is 15.7. The van der Waals surface area contributed by atoms with Crippen LogP contribution in [0.1, 0.15) is 92.4 Å². The Labute approximate surface area is 216 Å². The molecule has 0 bridgehead atoms. The molecule has 3 atom stereocenters. The molecule has 1 amide bonds. The predicted molar refractivity (Wildman–Crippen MR) is 137 cm³/mol. The van der Waals surface area contributed by atoms with E-state index in [4.69, 9.17) is 14.8 Å². The summed E-state index contributed by atoms with van der Waals surface area (Å²) in [4.78, 5) is 32.3. The second-order valence-corrected chi connectivity index (χ2v) is 10.7. The molecule has 3 aliphatic rings. The van der Waals surface area contributed by atoms with Crippen LogP contribution in [-0.2, 0) is 9.53 Å². The zero-order chi connectivity index (χ0) is 25.7. The molecule has 0 N–H and O–H groups in total. The molecule has 7 nitrogen and oxygen atoms in total. The van der Waals surface area contributed by atoms with Gasteiger partial charge in [-0.25, -0.2) is 13.9 Å². The van der Waals surface area contributed by atoms with Crippen molar-refractivity contribution in [3.8, 4) is 11.3 Å². The molecule has 37 heavy (non-hydrogen) atoms. The van der Waals surface area contributed by atoms with Crippen LogP contribution in [0.15, 0.2) is 30.3 Å². The lowest BCUT2D eigenvalue weighted by Crippen LogP contribution is -2.38. The van der Waals surface area contributed by atoms with Gasteiger partial charge < -0.3 is 9.64 Å². The van der Waals surface area contributed by atoms with Crippen LogP contribution in [-0.4, -0.2) is 50.6 Å². The summed E-state index contributed by atoms with van der Waals surface area (Å²) in [7, 11) is 0. The molecule has 3 heterocycles. The lowest BCUT2D eigenvalue weighted by molar-refractivity contribution is -0.144. The number of halogens is 1. The van der Waals surface area contributed by atoms with E-state index >= 15 is 4.39 Å². The number of hydrogen-bond acceptors (Lipinski definition) is 5. The lowest BCUT2D eigenvalue weighted by Gasteiger charge is -2.27. The zero-order valence-electron chi connectivity index (χ0n) is 21.5. The third-order valence-corrected chi connectivity index (χ3v) is 8.07. The molecule has 1 saturated heterocycles. The van der Waals surface area contributed by atoms with Gasteiger partial charge in [0.05, 0.1) is 18.2 Å². The van der Waals surface area contributed by atoms with Crippen molar-refractivity contribution in [2.75, 3.05) is 13.2 Å². The van der Waals surface area contributed by atoms with E-state index in [0.29, 0.717) is 47.1 Å². The van der Waals surface area contributed by atoms with Crippen molar-refractivity contribution in [1.82, 2.24) is 19.5 Å². The zero-order valence-corrected chi connectivity index (χ0v) is 21.5. The molecule has 3 fully saturated rings. The van der Waals surface area contributed by atoms with Gasteiger partial charge in [-0.3, -0.25) is 9.59 Å². The number of rotatable bonds is 6. The smallest absolute Gasteiger partial charge is 0.309 e. The minimum absolute atomic E-state index is 0.0338. The number of benzene rings is 1. The fourth-order valence-electron chi connectivity index (χ4n) is 5.72. The highest BCUT2D eigenvalue weighted by Gasteiger charge is 2.46. The molecular weight excluding hydrogens is 471 g/mol. The number of amides is 1. The van der Waals surface area contributed by atoms with E-state index in [0.717, 1.165) is 50.8 Å². The quantitative estimate of drug-likeness (QED) is 0.415. The van der Waals surface area contributed by atoms with Crippen molar-refractivity contribution in [3.05, 3.63) is 53.1 Å². The second kappa shape index (κ2) is 9.54. The van der Waals surface area contributed by atoms with Crippen molar-refractivity contribution < 1.29 is 18.7 Å². The first-order valence-electron chi connectivity index (χ1n) is 13.6. The minimum atomic E-state index is -0.356. The van der Waals surface area contributed by atoms with Gasteiger partial charge in [0, 0.05) is 41.7 Å². The van der Waals surface area contributed by atoms with Gasteiger partial charge in [0.2, 0.25) is 0 Å². The van der Waals surface area contributed by atoms with E-state index in [1.165, 1.54) is 0 Å². The molecule has 194 valence electrons. The summed E-state index contributed by atoms with van der Waals surface area (Å²) in [6.45, 7) is 4.96. The summed E-state index contributed by atoms with van der Waals surface area (Å²) in [5.74, 6) is -0.780.